The highest BCUT2D eigenvalue weighted by Crippen LogP contribution is 2.32. The molecule has 1 aromatic carbocycles. The van der Waals surface area contributed by atoms with Gasteiger partial charge in [-0.2, -0.15) is 13.2 Å². The summed E-state index contributed by atoms with van der Waals surface area (Å²) in [5, 5.41) is 10.6. The quantitative estimate of drug-likeness (QED) is 0.841. The zero-order valence-corrected chi connectivity index (χ0v) is 13.8. The van der Waals surface area contributed by atoms with Crippen LogP contribution in [0.4, 0.5) is 13.2 Å². The van der Waals surface area contributed by atoms with E-state index in [1.165, 1.54) is 19.1 Å². The molecule has 2 rings (SSSR count). The maximum Gasteiger partial charge on any atom is 0.416 e. The van der Waals surface area contributed by atoms with Gasteiger partial charge in [0, 0.05) is 25.5 Å². The van der Waals surface area contributed by atoms with E-state index in [9.17, 15) is 18.3 Å². The number of nitrogens with zero attached hydrogens (tertiary/aromatic N) is 3. The minimum Gasteiger partial charge on any atom is -0.384 e. The molecule has 4 nitrogen and oxygen atoms in total. The topological polar surface area (TPSA) is 41.3 Å². The highest BCUT2D eigenvalue weighted by Gasteiger charge is 2.33. The second kappa shape index (κ2) is 7.36. The van der Waals surface area contributed by atoms with Crippen LogP contribution in [-0.2, 0) is 18.3 Å². The molecule has 24 heavy (non-hydrogen) atoms. The lowest BCUT2D eigenvalue weighted by Gasteiger charge is -2.30. The Kier molecular flexibility index (Phi) is 5.66. The Morgan fingerprint density at radius 3 is 2.58 bits per heavy atom. The van der Waals surface area contributed by atoms with Crippen LogP contribution in [0.25, 0.3) is 0 Å². The Morgan fingerprint density at radius 2 is 1.96 bits per heavy atom. The third-order valence-electron chi connectivity index (χ3n) is 3.90. The molecule has 1 unspecified atom stereocenters. The standard InChI is InChI=1S/C17H22F3N3O/c1-16(24,14-5-3-6-15(11-14)17(18,19)20)12-22(2)8-4-9-23-10-7-21-13-23/h3,5-7,10-11,13,24H,4,8-9,12H2,1-2H3. The largest absolute Gasteiger partial charge is 0.416 e. The van der Waals surface area contributed by atoms with Gasteiger partial charge in [-0.15, -0.1) is 0 Å². The Balaban J connectivity index is 1.94. The zero-order valence-electron chi connectivity index (χ0n) is 13.8. The van der Waals surface area contributed by atoms with Crippen molar-refractivity contribution in [2.24, 2.45) is 0 Å². The van der Waals surface area contributed by atoms with Crippen LogP contribution >= 0.6 is 0 Å². The van der Waals surface area contributed by atoms with Gasteiger partial charge in [-0.05, 0) is 44.6 Å². The number of aromatic nitrogens is 2. The molecule has 1 aromatic heterocycles. The van der Waals surface area contributed by atoms with Crippen LogP contribution in [0, 0.1) is 0 Å². The van der Waals surface area contributed by atoms with E-state index in [0.717, 1.165) is 25.1 Å². The lowest BCUT2D eigenvalue weighted by atomic mass is 9.93. The van der Waals surface area contributed by atoms with Crippen molar-refractivity contribution in [3.05, 3.63) is 54.1 Å². The zero-order chi connectivity index (χ0) is 17.8. The summed E-state index contributed by atoms with van der Waals surface area (Å²) in [6.07, 6.45) is 1.76. The molecule has 0 amide bonds. The average Bonchev–Trinajstić information content (AvgIpc) is 2.99. The Bertz CT molecular complexity index is 639. The fourth-order valence-corrected chi connectivity index (χ4v) is 2.67. The second-order valence-electron chi connectivity index (χ2n) is 6.24. The van der Waals surface area contributed by atoms with Gasteiger partial charge in [0.1, 0.15) is 0 Å². The normalized spacial score (nSPS) is 14.8. The van der Waals surface area contributed by atoms with Gasteiger partial charge in [-0.1, -0.05) is 12.1 Å². The van der Waals surface area contributed by atoms with E-state index < -0.39 is 17.3 Å². The molecule has 2 aromatic rings. The first-order chi connectivity index (χ1) is 11.2. The lowest BCUT2D eigenvalue weighted by molar-refractivity contribution is -0.137. The molecule has 0 saturated carbocycles. The monoisotopic (exact) mass is 341 g/mol. The van der Waals surface area contributed by atoms with Gasteiger partial charge in [0.2, 0.25) is 0 Å². The molecule has 0 fully saturated rings. The van der Waals surface area contributed by atoms with Crippen molar-refractivity contribution < 1.29 is 18.3 Å². The highest BCUT2D eigenvalue weighted by molar-refractivity contribution is 5.29. The summed E-state index contributed by atoms with van der Waals surface area (Å²) in [6, 6.07) is 4.87. The summed E-state index contributed by atoms with van der Waals surface area (Å²) in [5.74, 6) is 0. The van der Waals surface area contributed by atoms with E-state index in [4.69, 9.17) is 0 Å². The van der Waals surface area contributed by atoms with Crippen LogP contribution in [0.1, 0.15) is 24.5 Å². The lowest BCUT2D eigenvalue weighted by Crippen LogP contribution is -2.37. The third kappa shape index (κ3) is 5.07. The molecule has 0 bridgehead atoms. The molecule has 0 aliphatic carbocycles. The van der Waals surface area contributed by atoms with Gasteiger partial charge in [0.15, 0.2) is 0 Å². The molecule has 0 radical (unpaired) electrons. The summed E-state index contributed by atoms with van der Waals surface area (Å²) in [6.45, 7) is 3.30. The fraction of sp³-hybridized carbons (Fsp3) is 0.471. The summed E-state index contributed by atoms with van der Waals surface area (Å²) < 4.78 is 40.4. The number of likely N-dealkylation sites (N-methyl/N-ethyl adjacent to an activating group) is 1. The summed E-state index contributed by atoms with van der Waals surface area (Å²) in [7, 11) is 1.84. The molecule has 132 valence electrons. The van der Waals surface area contributed by atoms with Gasteiger partial charge in [-0.25, -0.2) is 4.98 Å². The maximum absolute atomic E-state index is 12.8. The minimum absolute atomic E-state index is 0.248. The number of imidazole rings is 1. The van der Waals surface area contributed by atoms with Crippen LogP contribution in [0.3, 0.4) is 0 Å². The van der Waals surface area contributed by atoms with Crippen molar-refractivity contribution in [1.82, 2.24) is 14.5 Å². The number of rotatable bonds is 7. The molecule has 0 saturated heterocycles. The Hall–Kier alpha value is -1.86. The van der Waals surface area contributed by atoms with Crippen LogP contribution in [0.5, 0.6) is 0 Å². The fourth-order valence-electron chi connectivity index (χ4n) is 2.67. The smallest absolute Gasteiger partial charge is 0.384 e. The molecular weight excluding hydrogens is 319 g/mol. The van der Waals surface area contributed by atoms with Gasteiger partial charge in [0.25, 0.3) is 0 Å². The second-order valence-corrected chi connectivity index (χ2v) is 6.24. The van der Waals surface area contributed by atoms with Crippen LogP contribution in [0.2, 0.25) is 0 Å². The minimum atomic E-state index is -4.41. The van der Waals surface area contributed by atoms with Crippen molar-refractivity contribution in [3.8, 4) is 0 Å². The molecule has 1 heterocycles. The number of hydrogen-bond acceptors (Lipinski definition) is 3. The molecule has 1 N–H and O–H groups in total. The number of benzene rings is 1. The van der Waals surface area contributed by atoms with E-state index in [0.29, 0.717) is 6.54 Å². The first-order valence-corrected chi connectivity index (χ1v) is 7.73. The highest BCUT2D eigenvalue weighted by atomic mass is 19.4. The summed E-state index contributed by atoms with van der Waals surface area (Å²) in [5.41, 5.74) is -1.84. The van der Waals surface area contributed by atoms with E-state index in [1.54, 1.807) is 12.5 Å². The predicted octanol–water partition coefficient (Wildman–Crippen LogP) is 3.13. The van der Waals surface area contributed by atoms with Gasteiger partial charge in [-0.3, -0.25) is 0 Å². The third-order valence-corrected chi connectivity index (χ3v) is 3.90. The van der Waals surface area contributed by atoms with Crippen molar-refractivity contribution in [2.45, 2.75) is 31.7 Å². The van der Waals surface area contributed by atoms with Gasteiger partial charge in [0.05, 0.1) is 17.5 Å². The van der Waals surface area contributed by atoms with Crippen molar-refractivity contribution in [2.75, 3.05) is 20.1 Å². The molecule has 0 aliphatic rings. The van der Waals surface area contributed by atoms with E-state index >= 15 is 0 Å². The van der Waals surface area contributed by atoms with Gasteiger partial charge < -0.3 is 14.6 Å². The number of halogens is 3. The van der Waals surface area contributed by atoms with Crippen LogP contribution in [0.15, 0.2) is 43.0 Å². The summed E-state index contributed by atoms with van der Waals surface area (Å²) >= 11 is 0. The van der Waals surface area contributed by atoms with E-state index in [-0.39, 0.29) is 12.1 Å². The van der Waals surface area contributed by atoms with Crippen LogP contribution < -0.4 is 0 Å². The molecule has 7 heteroatoms. The Morgan fingerprint density at radius 1 is 1.25 bits per heavy atom. The van der Waals surface area contributed by atoms with Crippen LogP contribution in [-0.4, -0.2) is 39.7 Å². The number of aryl methyl sites for hydroxylation is 1. The van der Waals surface area contributed by atoms with Crippen molar-refractivity contribution in [3.63, 3.8) is 0 Å². The average molecular weight is 341 g/mol. The molecule has 0 aliphatic heterocycles. The number of alkyl halides is 3. The van der Waals surface area contributed by atoms with Gasteiger partial charge >= 0.3 is 6.18 Å². The van der Waals surface area contributed by atoms with E-state index in [1.807, 2.05) is 22.7 Å². The van der Waals surface area contributed by atoms with E-state index in [2.05, 4.69) is 4.98 Å². The first-order valence-electron chi connectivity index (χ1n) is 7.73. The van der Waals surface area contributed by atoms with Crippen molar-refractivity contribution >= 4 is 0 Å². The first kappa shape index (κ1) is 18.5. The SMILES string of the molecule is CN(CCCn1ccnc1)CC(C)(O)c1cccc(C(F)(F)F)c1. The molecule has 0 spiro atoms. The molecular formula is C17H22F3N3O. The number of aliphatic hydroxyl groups is 1. The predicted molar refractivity (Wildman–Crippen MR) is 85.4 cm³/mol. The number of hydrogen-bond donors (Lipinski definition) is 1. The van der Waals surface area contributed by atoms with Crippen molar-refractivity contribution in [1.29, 1.82) is 0 Å². The maximum atomic E-state index is 12.8. The Labute approximate surface area is 139 Å². The molecule has 1 atom stereocenters. The summed E-state index contributed by atoms with van der Waals surface area (Å²) in [4.78, 5) is 5.88.